The molecule has 0 bridgehead atoms. The second kappa shape index (κ2) is 8.15. The van der Waals surface area contributed by atoms with Crippen molar-refractivity contribution >= 4 is 23.5 Å². The highest BCUT2D eigenvalue weighted by Crippen LogP contribution is 2.21. The van der Waals surface area contributed by atoms with Crippen LogP contribution in [0.3, 0.4) is 0 Å². The van der Waals surface area contributed by atoms with Crippen LogP contribution in [0.15, 0.2) is 48.5 Å². The summed E-state index contributed by atoms with van der Waals surface area (Å²) in [4.78, 5) is 36.3. The number of anilines is 1. The Morgan fingerprint density at radius 1 is 1.07 bits per heavy atom. The average molecular weight is 363 g/mol. The van der Waals surface area contributed by atoms with E-state index in [0.717, 1.165) is 12.8 Å². The number of amides is 2. The molecule has 0 aliphatic heterocycles. The minimum absolute atomic E-state index is 0.203. The first-order valence-electron chi connectivity index (χ1n) is 8.44. The van der Waals surface area contributed by atoms with Crippen LogP contribution in [0.25, 0.3) is 0 Å². The molecule has 0 unspecified atom stereocenters. The number of nitrogens with zero attached hydrogens (tertiary/aromatic N) is 1. The van der Waals surface area contributed by atoms with Crippen molar-refractivity contribution in [2.45, 2.75) is 18.9 Å². The van der Waals surface area contributed by atoms with Crippen molar-refractivity contribution in [2.24, 2.45) is 0 Å². The predicted octanol–water partition coefficient (Wildman–Crippen LogP) is 2.25. The van der Waals surface area contributed by atoms with Crippen LogP contribution in [0.2, 0.25) is 0 Å². The Balaban J connectivity index is 1.56. The van der Waals surface area contributed by atoms with Gasteiger partial charge in [-0.05, 0) is 49.2 Å². The van der Waals surface area contributed by atoms with E-state index in [1.54, 1.807) is 24.3 Å². The van der Waals surface area contributed by atoms with Crippen molar-refractivity contribution in [3.63, 3.8) is 0 Å². The van der Waals surface area contributed by atoms with Gasteiger partial charge in [0.2, 0.25) is 0 Å². The molecule has 2 amide bonds. The molecule has 0 heterocycles. The first-order chi connectivity index (χ1) is 13.1. The van der Waals surface area contributed by atoms with Gasteiger partial charge >= 0.3 is 5.97 Å². The summed E-state index contributed by atoms with van der Waals surface area (Å²) < 4.78 is 4.98. The number of hydrogen-bond acceptors (Lipinski definition) is 5. The molecular formula is C20H17N3O4. The fourth-order valence-electron chi connectivity index (χ4n) is 2.36. The highest BCUT2D eigenvalue weighted by atomic mass is 16.5. The van der Waals surface area contributed by atoms with E-state index in [0.29, 0.717) is 16.8 Å². The van der Waals surface area contributed by atoms with Crippen LogP contribution >= 0.6 is 0 Å². The Hall–Kier alpha value is -3.66. The van der Waals surface area contributed by atoms with Gasteiger partial charge in [0.1, 0.15) is 0 Å². The van der Waals surface area contributed by atoms with Gasteiger partial charge in [-0.25, -0.2) is 4.79 Å². The third kappa shape index (κ3) is 4.92. The molecule has 0 atom stereocenters. The lowest BCUT2D eigenvalue weighted by Gasteiger charge is -2.11. The largest absolute Gasteiger partial charge is 0.452 e. The monoisotopic (exact) mass is 363 g/mol. The van der Waals surface area contributed by atoms with Crippen molar-refractivity contribution in [1.29, 1.82) is 5.26 Å². The molecule has 0 saturated heterocycles. The third-order valence-corrected chi connectivity index (χ3v) is 3.94. The summed E-state index contributed by atoms with van der Waals surface area (Å²) in [6.45, 7) is -0.489. The maximum Gasteiger partial charge on any atom is 0.338 e. The van der Waals surface area contributed by atoms with E-state index in [2.05, 4.69) is 10.6 Å². The van der Waals surface area contributed by atoms with Gasteiger partial charge in [0, 0.05) is 6.04 Å². The van der Waals surface area contributed by atoms with Gasteiger partial charge in [-0.3, -0.25) is 9.59 Å². The summed E-state index contributed by atoms with van der Waals surface area (Å²) in [6, 6.07) is 14.7. The van der Waals surface area contributed by atoms with Gasteiger partial charge in [-0.1, -0.05) is 12.1 Å². The molecule has 7 nitrogen and oxygen atoms in total. The van der Waals surface area contributed by atoms with Crippen molar-refractivity contribution in [3.8, 4) is 6.07 Å². The summed E-state index contributed by atoms with van der Waals surface area (Å²) >= 11 is 0. The summed E-state index contributed by atoms with van der Waals surface area (Å²) in [7, 11) is 0. The van der Waals surface area contributed by atoms with E-state index < -0.39 is 18.5 Å². The number of esters is 1. The molecule has 0 spiro atoms. The van der Waals surface area contributed by atoms with Crippen LogP contribution in [0.1, 0.15) is 39.1 Å². The SMILES string of the molecule is N#Cc1ccc(C(=O)OCC(=O)Nc2ccccc2C(=O)NC2CC2)cc1. The van der Waals surface area contributed by atoms with Gasteiger partial charge in [0.05, 0.1) is 28.4 Å². The smallest absolute Gasteiger partial charge is 0.338 e. The number of carbonyl (C=O) groups excluding carboxylic acids is 3. The number of nitriles is 1. The van der Waals surface area contributed by atoms with Gasteiger partial charge in [0.15, 0.2) is 6.61 Å². The third-order valence-electron chi connectivity index (χ3n) is 3.94. The number of carbonyl (C=O) groups is 3. The topological polar surface area (TPSA) is 108 Å². The number of hydrogen-bond donors (Lipinski definition) is 2. The first kappa shape index (κ1) is 18.1. The highest BCUT2D eigenvalue weighted by molar-refractivity contribution is 6.04. The summed E-state index contributed by atoms with van der Waals surface area (Å²) in [5.74, 6) is -1.47. The molecule has 2 N–H and O–H groups in total. The molecule has 0 aromatic heterocycles. The maximum atomic E-state index is 12.2. The Bertz CT molecular complexity index is 912. The lowest BCUT2D eigenvalue weighted by molar-refractivity contribution is -0.119. The lowest BCUT2D eigenvalue weighted by Crippen LogP contribution is -2.28. The highest BCUT2D eigenvalue weighted by Gasteiger charge is 2.25. The van der Waals surface area contributed by atoms with Crippen LogP contribution in [0.4, 0.5) is 5.69 Å². The fraction of sp³-hybridized carbons (Fsp3) is 0.200. The molecule has 1 aliphatic rings. The molecule has 2 aromatic rings. The maximum absolute atomic E-state index is 12.2. The van der Waals surface area contributed by atoms with Crippen LogP contribution in [-0.4, -0.2) is 30.4 Å². The normalized spacial score (nSPS) is 12.6. The predicted molar refractivity (Wildman–Crippen MR) is 97.0 cm³/mol. The average Bonchev–Trinajstić information content (AvgIpc) is 3.50. The Labute approximate surface area is 155 Å². The molecule has 2 aromatic carbocycles. The second-order valence-electron chi connectivity index (χ2n) is 6.11. The molecule has 3 rings (SSSR count). The van der Waals surface area contributed by atoms with E-state index in [-0.39, 0.29) is 17.5 Å². The molecule has 27 heavy (non-hydrogen) atoms. The molecule has 7 heteroatoms. The van der Waals surface area contributed by atoms with E-state index in [4.69, 9.17) is 10.00 Å². The molecule has 1 aliphatic carbocycles. The standard InChI is InChI=1S/C20H17N3O4/c21-11-13-5-7-14(8-6-13)20(26)27-12-18(24)23-17-4-2-1-3-16(17)19(25)22-15-9-10-15/h1-8,15H,9-10,12H2,(H,22,25)(H,23,24). The quantitative estimate of drug-likeness (QED) is 0.765. The van der Waals surface area contributed by atoms with Crippen LogP contribution in [-0.2, 0) is 9.53 Å². The summed E-state index contributed by atoms with van der Waals surface area (Å²) in [5, 5.41) is 14.2. The fourth-order valence-corrected chi connectivity index (χ4v) is 2.36. The van der Waals surface area contributed by atoms with Crippen molar-refractivity contribution in [1.82, 2.24) is 5.32 Å². The van der Waals surface area contributed by atoms with Crippen LogP contribution in [0, 0.1) is 11.3 Å². The Morgan fingerprint density at radius 2 is 1.78 bits per heavy atom. The molecule has 0 radical (unpaired) electrons. The number of para-hydroxylation sites is 1. The number of rotatable bonds is 6. The molecule has 1 saturated carbocycles. The van der Waals surface area contributed by atoms with Gasteiger partial charge < -0.3 is 15.4 Å². The first-order valence-corrected chi connectivity index (χ1v) is 8.44. The van der Waals surface area contributed by atoms with Gasteiger partial charge in [0.25, 0.3) is 11.8 Å². The minimum Gasteiger partial charge on any atom is -0.452 e. The summed E-state index contributed by atoms with van der Waals surface area (Å²) in [6.07, 6.45) is 1.93. The van der Waals surface area contributed by atoms with Gasteiger partial charge in [-0.2, -0.15) is 5.26 Å². The molecular weight excluding hydrogens is 346 g/mol. The zero-order valence-corrected chi connectivity index (χ0v) is 14.4. The van der Waals surface area contributed by atoms with E-state index in [1.807, 2.05) is 6.07 Å². The molecule has 1 fully saturated rings. The lowest BCUT2D eigenvalue weighted by atomic mass is 10.1. The van der Waals surface area contributed by atoms with E-state index in [1.165, 1.54) is 24.3 Å². The zero-order chi connectivity index (χ0) is 19.2. The van der Waals surface area contributed by atoms with Crippen molar-refractivity contribution < 1.29 is 19.1 Å². The Morgan fingerprint density at radius 3 is 2.44 bits per heavy atom. The minimum atomic E-state index is -0.672. The van der Waals surface area contributed by atoms with Crippen molar-refractivity contribution in [2.75, 3.05) is 11.9 Å². The van der Waals surface area contributed by atoms with Crippen molar-refractivity contribution in [3.05, 3.63) is 65.2 Å². The summed E-state index contributed by atoms with van der Waals surface area (Å²) in [5.41, 5.74) is 1.38. The molecule has 136 valence electrons. The van der Waals surface area contributed by atoms with Crippen LogP contribution in [0.5, 0.6) is 0 Å². The van der Waals surface area contributed by atoms with Crippen LogP contribution < -0.4 is 10.6 Å². The number of ether oxygens (including phenoxy) is 1. The zero-order valence-electron chi connectivity index (χ0n) is 14.4. The van der Waals surface area contributed by atoms with Gasteiger partial charge in [-0.15, -0.1) is 0 Å². The number of nitrogens with one attached hydrogen (secondary N) is 2. The number of benzene rings is 2. The Kier molecular flexibility index (Phi) is 5.47. The van der Waals surface area contributed by atoms with E-state index in [9.17, 15) is 14.4 Å². The second-order valence-corrected chi connectivity index (χ2v) is 6.11. The van der Waals surface area contributed by atoms with E-state index >= 15 is 0 Å².